The lowest BCUT2D eigenvalue weighted by atomic mass is 10.1. The molecule has 1 aliphatic carbocycles. The Kier molecular flexibility index (Phi) is 4.23. The van der Waals surface area contributed by atoms with Gasteiger partial charge in [0.05, 0.1) is 10.7 Å². The molecule has 0 saturated carbocycles. The minimum absolute atomic E-state index is 0.0374. The van der Waals surface area contributed by atoms with Gasteiger partial charge in [0.25, 0.3) is 0 Å². The molecular weight excluding hydrogens is 252 g/mol. The SMILES string of the molecule is O=C(Nc1ccccc1Cl)N[C@@H]1C=C[C@H](CO)C1. The number of aliphatic hydroxyl groups is 1. The molecule has 4 nitrogen and oxygen atoms in total. The summed E-state index contributed by atoms with van der Waals surface area (Å²) in [5, 5.41) is 15.0. The summed E-state index contributed by atoms with van der Waals surface area (Å²) in [4.78, 5) is 11.7. The summed E-state index contributed by atoms with van der Waals surface area (Å²) in [5.41, 5.74) is 0.581. The molecule has 2 amide bonds. The molecule has 2 atom stereocenters. The van der Waals surface area contributed by atoms with Crippen LogP contribution in [0.2, 0.25) is 5.02 Å². The zero-order valence-corrected chi connectivity index (χ0v) is 10.5. The molecule has 1 aromatic carbocycles. The van der Waals surface area contributed by atoms with Crippen molar-refractivity contribution < 1.29 is 9.90 Å². The predicted molar refractivity (Wildman–Crippen MR) is 71.7 cm³/mol. The number of urea groups is 1. The van der Waals surface area contributed by atoms with Crippen molar-refractivity contribution in [2.24, 2.45) is 5.92 Å². The molecule has 18 heavy (non-hydrogen) atoms. The molecule has 2 rings (SSSR count). The van der Waals surface area contributed by atoms with Gasteiger partial charge in [0, 0.05) is 18.6 Å². The van der Waals surface area contributed by atoms with Gasteiger partial charge in [-0.05, 0) is 18.6 Å². The number of benzene rings is 1. The maximum atomic E-state index is 11.7. The van der Waals surface area contributed by atoms with Gasteiger partial charge in [-0.3, -0.25) is 0 Å². The fourth-order valence-corrected chi connectivity index (χ4v) is 2.09. The summed E-state index contributed by atoms with van der Waals surface area (Å²) in [6, 6.07) is 6.73. The van der Waals surface area contributed by atoms with E-state index in [1.807, 2.05) is 12.2 Å². The monoisotopic (exact) mass is 266 g/mol. The molecule has 0 radical (unpaired) electrons. The zero-order valence-electron chi connectivity index (χ0n) is 9.77. The van der Waals surface area contributed by atoms with Crippen molar-refractivity contribution in [3.8, 4) is 0 Å². The second-order valence-electron chi connectivity index (χ2n) is 4.25. The number of amides is 2. The number of aliphatic hydroxyl groups excluding tert-OH is 1. The molecule has 96 valence electrons. The van der Waals surface area contributed by atoms with E-state index in [2.05, 4.69) is 10.6 Å². The van der Waals surface area contributed by atoms with Gasteiger partial charge in [0.1, 0.15) is 0 Å². The molecule has 0 unspecified atom stereocenters. The van der Waals surface area contributed by atoms with Crippen LogP contribution < -0.4 is 10.6 Å². The summed E-state index contributed by atoms with van der Waals surface area (Å²) < 4.78 is 0. The lowest BCUT2D eigenvalue weighted by Gasteiger charge is -2.14. The van der Waals surface area contributed by atoms with Crippen molar-refractivity contribution in [1.82, 2.24) is 5.32 Å². The summed E-state index contributed by atoms with van der Waals surface area (Å²) in [5.74, 6) is 0.135. The third kappa shape index (κ3) is 3.24. The fraction of sp³-hybridized carbons (Fsp3) is 0.308. The molecule has 0 aliphatic heterocycles. The third-order valence-corrected chi connectivity index (χ3v) is 3.17. The number of carbonyl (C=O) groups is 1. The Bertz CT molecular complexity index is 462. The number of anilines is 1. The Hall–Kier alpha value is -1.52. The van der Waals surface area contributed by atoms with Crippen LogP contribution in [0.5, 0.6) is 0 Å². The van der Waals surface area contributed by atoms with E-state index in [9.17, 15) is 4.79 Å². The van der Waals surface area contributed by atoms with Gasteiger partial charge >= 0.3 is 6.03 Å². The van der Waals surface area contributed by atoms with Crippen molar-refractivity contribution in [2.75, 3.05) is 11.9 Å². The molecule has 3 N–H and O–H groups in total. The van der Waals surface area contributed by atoms with Gasteiger partial charge in [0.15, 0.2) is 0 Å². The summed E-state index contributed by atoms with van der Waals surface area (Å²) in [6.07, 6.45) is 4.54. The second kappa shape index (κ2) is 5.89. The highest BCUT2D eigenvalue weighted by molar-refractivity contribution is 6.33. The number of nitrogens with one attached hydrogen (secondary N) is 2. The molecule has 0 heterocycles. The van der Waals surface area contributed by atoms with E-state index >= 15 is 0 Å². The first-order chi connectivity index (χ1) is 8.69. The Balaban J connectivity index is 1.87. The van der Waals surface area contributed by atoms with Crippen molar-refractivity contribution in [1.29, 1.82) is 0 Å². The molecule has 0 fully saturated rings. The normalized spacial score (nSPS) is 21.9. The largest absolute Gasteiger partial charge is 0.396 e. The Morgan fingerprint density at radius 1 is 1.39 bits per heavy atom. The van der Waals surface area contributed by atoms with Crippen LogP contribution in [0.3, 0.4) is 0 Å². The van der Waals surface area contributed by atoms with Crippen molar-refractivity contribution in [3.63, 3.8) is 0 Å². The maximum Gasteiger partial charge on any atom is 0.319 e. The average Bonchev–Trinajstić information content (AvgIpc) is 2.80. The van der Waals surface area contributed by atoms with Gasteiger partial charge in [0.2, 0.25) is 0 Å². The maximum absolute atomic E-state index is 11.7. The van der Waals surface area contributed by atoms with Gasteiger partial charge in [-0.1, -0.05) is 35.9 Å². The highest BCUT2D eigenvalue weighted by Gasteiger charge is 2.19. The minimum Gasteiger partial charge on any atom is -0.396 e. The first-order valence-corrected chi connectivity index (χ1v) is 6.18. The topological polar surface area (TPSA) is 61.4 Å². The summed E-state index contributed by atoms with van der Waals surface area (Å²) in [7, 11) is 0. The Labute approximate surface area is 111 Å². The van der Waals surface area contributed by atoms with Crippen molar-refractivity contribution >= 4 is 23.3 Å². The molecule has 1 aromatic rings. The molecule has 5 heteroatoms. The number of para-hydroxylation sites is 1. The zero-order chi connectivity index (χ0) is 13.0. The third-order valence-electron chi connectivity index (χ3n) is 2.85. The number of hydrogen-bond acceptors (Lipinski definition) is 2. The van der Waals surface area contributed by atoms with Crippen LogP contribution in [-0.4, -0.2) is 23.8 Å². The van der Waals surface area contributed by atoms with Gasteiger partial charge in [-0.2, -0.15) is 0 Å². The van der Waals surface area contributed by atoms with Gasteiger partial charge in [-0.25, -0.2) is 4.79 Å². The summed E-state index contributed by atoms with van der Waals surface area (Å²) >= 11 is 5.94. The molecular formula is C13H15ClN2O2. The summed E-state index contributed by atoms with van der Waals surface area (Å²) in [6.45, 7) is 0.112. The average molecular weight is 267 g/mol. The van der Waals surface area contributed by atoms with E-state index < -0.39 is 0 Å². The van der Waals surface area contributed by atoms with E-state index in [0.29, 0.717) is 10.7 Å². The highest BCUT2D eigenvalue weighted by Crippen LogP contribution is 2.21. The lowest BCUT2D eigenvalue weighted by Crippen LogP contribution is -2.36. The first kappa shape index (κ1) is 12.9. The quantitative estimate of drug-likeness (QED) is 0.736. The van der Waals surface area contributed by atoms with Crippen LogP contribution in [0.1, 0.15) is 6.42 Å². The van der Waals surface area contributed by atoms with Crippen LogP contribution in [0, 0.1) is 5.92 Å². The van der Waals surface area contributed by atoms with Crippen molar-refractivity contribution in [3.05, 3.63) is 41.4 Å². The van der Waals surface area contributed by atoms with Crippen LogP contribution in [0.15, 0.2) is 36.4 Å². The van der Waals surface area contributed by atoms with Crippen LogP contribution >= 0.6 is 11.6 Å². The van der Waals surface area contributed by atoms with Crippen molar-refractivity contribution in [2.45, 2.75) is 12.5 Å². The van der Waals surface area contributed by atoms with E-state index in [1.165, 1.54) is 0 Å². The van der Waals surface area contributed by atoms with Crippen LogP contribution in [0.4, 0.5) is 10.5 Å². The van der Waals surface area contributed by atoms with Gasteiger partial charge < -0.3 is 15.7 Å². The number of halogens is 1. The number of rotatable bonds is 3. The fourth-order valence-electron chi connectivity index (χ4n) is 1.91. The lowest BCUT2D eigenvalue weighted by molar-refractivity contribution is 0.238. The highest BCUT2D eigenvalue weighted by atomic mass is 35.5. The second-order valence-corrected chi connectivity index (χ2v) is 4.66. The molecule has 0 spiro atoms. The van der Waals surface area contributed by atoms with Gasteiger partial charge in [-0.15, -0.1) is 0 Å². The van der Waals surface area contributed by atoms with E-state index in [1.54, 1.807) is 24.3 Å². The van der Waals surface area contributed by atoms with E-state index in [0.717, 1.165) is 6.42 Å². The standard InChI is InChI=1S/C13H15ClN2O2/c14-11-3-1-2-4-12(11)16-13(18)15-10-6-5-9(7-10)8-17/h1-6,9-10,17H,7-8H2,(H2,15,16,18)/t9-,10+/m0/s1. The smallest absolute Gasteiger partial charge is 0.319 e. The Morgan fingerprint density at radius 2 is 2.17 bits per heavy atom. The molecule has 0 aromatic heterocycles. The van der Waals surface area contributed by atoms with Crippen LogP contribution in [0.25, 0.3) is 0 Å². The number of carbonyl (C=O) groups excluding carboxylic acids is 1. The Morgan fingerprint density at radius 3 is 2.83 bits per heavy atom. The first-order valence-electron chi connectivity index (χ1n) is 5.80. The predicted octanol–water partition coefficient (Wildman–Crippen LogP) is 2.40. The molecule has 0 saturated heterocycles. The minimum atomic E-state index is -0.295. The number of hydrogen-bond donors (Lipinski definition) is 3. The molecule has 0 bridgehead atoms. The molecule has 1 aliphatic rings. The van der Waals surface area contributed by atoms with Crippen LogP contribution in [-0.2, 0) is 0 Å². The van der Waals surface area contributed by atoms with E-state index in [-0.39, 0.29) is 24.6 Å². The van der Waals surface area contributed by atoms with E-state index in [4.69, 9.17) is 16.7 Å².